The van der Waals surface area contributed by atoms with E-state index in [1.54, 1.807) is 24.3 Å². The number of likely N-dealkylation sites (tertiary alicyclic amines) is 1. The first-order valence-corrected chi connectivity index (χ1v) is 7.25. The lowest BCUT2D eigenvalue weighted by atomic mass is 10.1. The Morgan fingerprint density at radius 3 is 2.55 bits per heavy atom. The van der Waals surface area contributed by atoms with Crippen LogP contribution in [0.25, 0.3) is 0 Å². The molecule has 1 N–H and O–H groups in total. The van der Waals surface area contributed by atoms with E-state index in [9.17, 15) is 14.4 Å². The number of esters is 1. The molecule has 0 saturated carbocycles. The number of ether oxygens (including phenoxy) is 1. The molecule has 118 valence electrons. The summed E-state index contributed by atoms with van der Waals surface area (Å²) in [5, 5.41) is 2.70. The molecule has 2 unspecified atom stereocenters. The van der Waals surface area contributed by atoms with E-state index in [2.05, 4.69) is 5.32 Å². The summed E-state index contributed by atoms with van der Waals surface area (Å²) in [4.78, 5) is 37.5. The van der Waals surface area contributed by atoms with Gasteiger partial charge in [0.05, 0.1) is 7.11 Å². The minimum atomic E-state index is -0.867. The molecule has 0 bridgehead atoms. The summed E-state index contributed by atoms with van der Waals surface area (Å²) in [6.45, 7) is 2.02. The molecular weight excluding hydrogens is 284 g/mol. The van der Waals surface area contributed by atoms with Gasteiger partial charge in [0.2, 0.25) is 11.8 Å². The minimum Gasteiger partial charge on any atom is -0.467 e. The van der Waals surface area contributed by atoms with Crippen LogP contribution in [0, 0.1) is 0 Å². The summed E-state index contributed by atoms with van der Waals surface area (Å²) in [6.07, 6.45) is 1.39. The Morgan fingerprint density at radius 2 is 1.95 bits per heavy atom. The first kappa shape index (κ1) is 16.0. The lowest BCUT2D eigenvalue weighted by Gasteiger charge is -2.25. The van der Waals surface area contributed by atoms with Crippen LogP contribution in [0.5, 0.6) is 0 Å². The van der Waals surface area contributed by atoms with Crippen LogP contribution in [0.15, 0.2) is 30.3 Å². The van der Waals surface area contributed by atoms with E-state index in [1.807, 2.05) is 6.07 Å². The van der Waals surface area contributed by atoms with Gasteiger partial charge in [-0.05, 0) is 18.4 Å². The molecule has 1 fully saturated rings. The Labute approximate surface area is 129 Å². The molecule has 2 amide bonds. The van der Waals surface area contributed by atoms with Crippen LogP contribution in [0.4, 0.5) is 0 Å². The largest absolute Gasteiger partial charge is 0.467 e. The first-order chi connectivity index (χ1) is 10.5. The monoisotopic (exact) mass is 304 g/mol. The van der Waals surface area contributed by atoms with Crippen molar-refractivity contribution < 1.29 is 19.1 Å². The number of methoxy groups -OCH3 is 1. The number of carbonyl (C=O) groups excluding carboxylic acids is 3. The summed E-state index contributed by atoms with van der Waals surface area (Å²) >= 11 is 0. The molecule has 6 nitrogen and oxygen atoms in total. The van der Waals surface area contributed by atoms with Gasteiger partial charge in [0, 0.05) is 13.5 Å². The van der Waals surface area contributed by atoms with Crippen molar-refractivity contribution in [1.82, 2.24) is 10.2 Å². The second-order valence-corrected chi connectivity index (χ2v) is 5.25. The van der Waals surface area contributed by atoms with Gasteiger partial charge < -0.3 is 15.0 Å². The molecular formula is C16H20N2O4. The Kier molecular flexibility index (Phi) is 5.14. The molecule has 1 aliphatic rings. The quantitative estimate of drug-likeness (QED) is 0.843. The fourth-order valence-corrected chi connectivity index (χ4v) is 2.70. The number of nitrogens with one attached hydrogen (secondary N) is 1. The van der Waals surface area contributed by atoms with Crippen molar-refractivity contribution in [3.63, 3.8) is 0 Å². The second-order valence-electron chi connectivity index (χ2n) is 5.25. The molecule has 2 rings (SSSR count). The van der Waals surface area contributed by atoms with Gasteiger partial charge >= 0.3 is 5.97 Å². The summed E-state index contributed by atoms with van der Waals surface area (Å²) in [7, 11) is 1.28. The van der Waals surface area contributed by atoms with Gasteiger partial charge in [0.25, 0.3) is 0 Å². The fourth-order valence-electron chi connectivity index (χ4n) is 2.70. The van der Waals surface area contributed by atoms with E-state index in [1.165, 1.54) is 18.9 Å². The Hall–Kier alpha value is -2.37. The highest BCUT2D eigenvalue weighted by Gasteiger charge is 2.35. The van der Waals surface area contributed by atoms with Crippen molar-refractivity contribution in [2.24, 2.45) is 0 Å². The zero-order chi connectivity index (χ0) is 16.1. The highest BCUT2D eigenvalue weighted by atomic mass is 16.5. The molecule has 6 heteroatoms. The minimum absolute atomic E-state index is 0.132. The van der Waals surface area contributed by atoms with E-state index in [0.29, 0.717) is 18.5 Å². The first-order valence-electron chi connectivity index (χ1n) is 7.25. The number of hydrogen-bond acceptors (Lipinski definition) is 4. The number of nitrogens with zero attached hydrogens (tertiary/aromatic N) is 1. The van der Waals surface area contributed by atoms with Gasteiger partial charge in [-0.25, -0.2) is 4.79 Å². The lowest BCUT2D eigenvalue weighted by Crippen LogP contribution is -2.47. The Morgan fingerprint density at radius 1 is 1.27 bits per heavy atom. The van der Waals surface area contributed by atoms with Crippen molar-refractivity contribution in [2.45, 2.75) is 31.8 Å². The molecule has 0 aliphatic carbocycles. The van der Waals surface area contributed by atoms with E-state index < -0.39 is 18.1 Å². The number of benzene rings is 1. The molecule has 0 radical (unpaired) electrons. The Bertz CT molecular complexity index is 559. The molecule has 2 atom stereocenters. The SMILES string of the molecule is COC(=O)C(NC(=O)C1CCCN1C(C)=O)c1ccccc1. The van der Waals surface area contributed by atoms with E-state index in [0.717, 1.165) is 6.42 Å². The molecule has 0 spiro atoms. The average Bonchev–Trinajstić information content (AvgIpc) is 3.02. The maximum absolute atomic E-state index is 12.5. The van der Waals surface area contributed by atoms with Crippen LogP contribution >= 0.6 is 0 Å². The van der Waals surface area contributed by atoms with E-state index in [-0.39, 0.29) is 11.8 Å². The van der Waals surface area contributed by atoms with Crippen molar-refractivity contribution in [1.29, 1.82) is 0 Å². The van der Waals surface area contributed by atoms with Crippen molar-refractivity contribution in [3.05, 3.63) is 35.9 Å². The van der Waals surface area contributed by atoms with E-state index >= 15 is 0 Å². The third-order valence-corrected chi connectivity index (χ3v) is 3.82. The van der Waals surface area contributed by atoms with Crippen LogP contribution in [-0.4, -0.2) is 42.4 Å². The number of carbonyl (C=O) groups is 3. The number of amides is 2. The van der Waals surface area contributed by atoms with Crippen molar-refractivity contribution in [2.75, 3.05) is 13.7 Å². The zero-order valence-electron chi connectivity index (χ0n) is 12.7. The smallest absolute Gasteiger partial charge is 0.333 e. The highest BCUT2D eigenvalue weighted by molar-refractivity contribution is 5.91. The standard InChI is InChI=1S/C16H20N2O4/c1-11(19)18-10-6-9-13(18)15(20)17-14(16(21)22-2)12-7-4-3-5-8-12/h3-5,7-8,13-14H,6,9-10H2,1-2H3,(H,17,20). The van der Waals surface area contributed by atoms with Crippen LogP contribution in [-0.2, 0) is 19.1 Å². The summed E-state index contributed by atoms with van der Waals surface area (Å²) in [5.41, 5.74) is 0.648. The highest BCUT2D eigenvalue weighted by Crippen LogP contribution is 2.20. The maximum atomic E-state index is 12.5. The van der Waals surface area contributed by atoms with Crippen molar-refractivity contribution >= 4 is 17.8 Å². The van der Waals surface area contributed by atoms with Gasteiger partial charge in [-0.2, -0.15) is 0 Å². The van der Waals surface area contributed by atoms with Crippen LogP contribution in [0.2, 0.25) is 0 Å². The lowest BCUT2D eigenvalue weighted by molar-refractivity contribution is -0.146. The maximum Gasteiger partial charge on any atom is 0.333 e. The molecule has 1 heterocycles. The predicted molar refractivity (Wildman–Crippen MR) is 79.8 cm³/mol. The fraction of sp³-hybridized carbons (Fsp3) is 0.438. The molecule has 1 aromatic rings. The topological polar surface area (TPSA) is 75.7 Å². The molecule has 1 aliphatic heterocycles. The molecule has 1 aromatic carbocycles. The molecule has 1 saturated heterocycles. The Balaban J connectivity index is 2.15. The summed E-state index contributed by atoms with van der Waals surface area (Å²) < 4.78 is 4.77. The second kappa shape index (κ2) is 7.06. The van der Waals surface area contributed by atoms with Crippen LogP contribution in [0.1, 0.15) is 31.4 Å². The molecule has 22 heavy (non-hydrogen) atoms. The third-order valence-electron chi connectivity index (χ3n) is 3.82. The van der Waals surface area contributed by atoms with Crippen LogP contribution in [0.3, 0.4) is 0 Å². The third kappa shape index (κ3) is 3.44. The molecule has 0 aromatic heterocycles. The van der Waals surface area contributed by atoms with Gasteiger partial charge in [-0.15, -0.1) is 0 Å². The summed E-state index contributed by atoms with van der Waals surface area (Å²) in [5.74, 6) is -0.995. The van der Waals surface area contributed by atoms with Gasteiger partial charge in [-0.3, -0.25) is 9.59 Å². The van der Waals surface area contributed by atoms with Crippen LogP contribution < -0.4 is 5.32 Å². The van der Waals surface area contributed by atoms with Gasteiger partial charge in [0.15, 0.2) is 6.04 Å². The zero-order valence-corrected chi connectivity index (χ0v) is 12.7. The van der Waals surface area contributed by atoms with Gasteiger partial charge in [0.1, 0.15) is 6.04 Å². The van der Waals surface area contributed by atoms with Crippen molar-refractivity contribution in [3.8, 4) is 0 Å². The summed E-state index contributed by atoms with van der Waals surface area (Å²) in [6, 6.07) is 7.51. The predicted octanol–water partition coefficient (Wildman–Crippen LogP) is 1.03. The number of hydrogen-bond donors (Lipinski definition) is 1. The number of rotatable bonds is 4. The normalized spacial score (nSPS) is 18.6. The van der Waals surface area contributed by atoms with Gasteiger partial charge in [-0.1, -0.05) is 30.3 Å². The van der Waals surface area contributed by atoms with E-state index in [4.69, 9.17) is 4.74 Å². The average molecular weight is 304 g/mol.